The molecule has 0 fully saturated rings. The van der Waals surface area contributed by atoms with E-state index in [0.29, 0.717) is 5.57 Å². The molecular weight excluding hydrogens is 124 g/mol. The topological polar surface area (TPSA) is 17.1 Å². The van der Waals surface area contributed by atoms with Crippen LogP contribution in [0.25, 0.3) is 0 Å². The molecule has 0 heterocycles. The fourth-order valence-corrected chi connectivity index (χ4v) is 0.853. The van der Waals surface area contributed by atoms with Crippen LogP contribution in [0, 0.1) is 0 Å². The molecule has 52 valence electrons. The van der Waals surface area contributed by atoms with Crippen molar-refractivity contribution >= 4 is 5.78 Å². The van der Waals surface area contributed by atoms with Gasteiger partial charge in [-0.1, -0.05) is 19.6 Å². The van der Waals surface area contributed by atoms with E-state index in [-0.39, 0.29) is 5.78 Å². The third kappa shape index (κ3) is 1.24. The summed E-state index contributed by atoms with van der Waals surface area (Å²) in [6.45, 7) is 5.67. The summed E-state index contributed by atoms with van der Waals surface area (Å²) >= 11 is 0. The summed E-state index contributed by atoms with van der Waals surface area (Å²) in [4.78, 5) is 10.8. The molecule has 1 aliphatic carbocycles. The lowest BCUT2D eigenvalue weighted by atomic mass is 10.0. The Labute approximate surface area is 60.7 Å². The highest BCUT2D eigenvalue weighted by atomic mass is 16.1. The van der Waals surface area contributed by atoms with Gasteiger partial charge in [-0.25, -0.2) is 0 Å². The minimum absolute atomic E-state index is 0.0252. The molecule has 0 aromatic heterocycles. The first kappa shape index (κ1) is 7.00. The van der Waals surface area contributed by atoms with Crippen molar-refractivity contribution in [2.24, 2.45) is 0 Å². The predicted molar refractivity (Wildman–Crippen MR) is 41.7 cm³/mol. The van der Waals surface area contributed by atoms with Crippen LogP contribution < -0.4 is 0 Å². The second-order valence-corrected chi connectivity index (χ2v) is 2.30. The van der Waals surface area contributed by atoms with E-state index in [1.54, 1.807) is 6.08 Å². The quantitative estimate of drug-likeness (QED) is 0.501. The minimum Gasteiger partial charge on any atom is -0.289 e. The number of hydrogen-bond acceptors (Lipinski definition) is 1. The Morgan fingerprint density at radius 2 is 2.20 bits per heavy atom. The average Bonchev–Trinajstić information content (AvgIpc) is 1.95. The number of rotatable bonds is 1. The van der Waals surface area contributed by atoms with E-state index in [2.05, 4.69) is 13.5 Å². The second-order valence-electron chi connectivity index (χ2n) is 2.30. The van der Waals surface area contributed by atoms with Crippen LogP contribution in [0.2, 0.25) is 0 Å². The van der Waals surface area contributed by atoms with Gasteiger partial charge in [0.2, 0.25) is 0 Å². The van der Waals surface area contributed by atoms with Gasteiger partial charge in [-0.15, -0.1) is 0 Å². The Balaban J connectivity index is 2.86. The highest BCUT2D eigenvalue weighted by Gasteiger charge is 2.05. The van der Waals surface area contributed by atoms with Gasteiger partial charge >= 0.3 is 0 Å². The largest absolute Gasteiger partial charge is 0.289 e. The predicted octanol–water partition coefficient (Wildman–Crippen LogP) is 2.02. The normalized spacial score (nSPS) is 17.5. The summed E-state index contributed by atoms with van der Waals surface area (Å²) in [7, 11) is 0. The van der Waals surface area contributed by atoms with E-state index in [1.165, 1.54) is 5.57 Å². The lowest BCUT2D eigenvalue weighted by molar-refractivity contribution is -0.111. The summed E-state index contributed by atoms with van der Waals surface area (Å²) < 4.78 is 0. The second kappa shape index (κ2) is 2.65. The van der Waals surface area contributed by atoms with Gasteiger partial charge in [0, 0.05) is 5.57 Å². The van der Waals surface area contributed by atoms with Crippen molar-refractivity contribution in [3.05, 3.63) is 36.0 Å². The van der Waals surface area contributed by atoms with Crippen LogP contribution in [0.3, 0.4) is 0 Å². The molecule has 0 bridgehead atoms. The fraction of sp³-hybridized carbons (Fsp3) is 0.222. The van der Waals surface area contributed by atoms with Crippen molar-refractivity contribution in [1.82, 2.24) is 0 Å². The molecule has 0 aromatic carbocycles. The van der Waals surface area contributed by atoms with Gasteiger partial charge in [0.25, 0.3) is 0 Å². The first-order valence-corrected chi connectivity index (χ1v) is 3.36. The molecule has 0 saturated heterocycles. The molecule has 0 aliphatic heterocycles. The molecule has 1 rings (SSSR count). The summed E-state index contributed by atoms with van der Waals surface area (Å²) in [6.07, 6.45) is 6.21. The van der Waals surface area contributed by atoms with Crippen LogP contribution in [0.15, 0.2) is 36.0 Å². The molecular formula is C9H10O. The van der Waals surface area contributed by atoms with E-state index < -0.39 is 0 Å². The molecule has 0 spiro atoms. The Kier molecular flexibility index (Phi) is 1.86. The number of hydrogen-bond donors (Lipinski definition) is 0. The maximum atomic E-state index is 10.8. The number of carbonyl (C=O) groups is 1. The van der Waals surface area contributed by atoms with Crippen LogP contribution in [0.5, 0.6) is 0 Å². The van der Waals surface area contributed by atoms with Gasteiger partial charge in [0.05, 0.1) is 0 Å². The Hall–Kier alpha value is -1.11. The fourth-order valence-electron chi connectivity index (χ4n) is 0.853. The monoisotopic (exact) mass is 134 g/mol. The van der Waals surface area contributed by atoms with E-state index in [1.807, 2.05) is 12.2 Å². The van der Waals surface area contributed by atoms with Gasteiger partial charge in [-0.3, -0.25) is 4.79 Å². The van der Waals surface area contributed by atoms with Crippen molar-refractivity contribution in [3.8, 4) is 0 Å². The SMILES string of the molecule is C=C1C=C(CC)C=CC1=O. The summed E-state index contributed by atoms with van der Waals surface area (Å²) in [5, 5.41) is 0. The van der Waals surface area contributed by atoms with Gasteiger partial charge in [-0.05, 0) is 24.1 Å². The molecule has 1 nitrogen and oxygen atoms in total. The van der Waals surface area contributed by atoms with Gasteiger partial charge in [-0.2, -0.15) is 0 Å². The number of ketones is 1. The molecule has 0 aromatic rings. The van der Waals surface area contributed by atoms with Crippen molar-refractivity contribution < 1.29 is 4.79 Å². The molecule has 1 aliphatic rings. The summed E-state index contributed by atoms with van der Waals surface area (Å²) in [6, 6.07) is 0. The third-order valence-electron chi connectivity index (χ3n) is 1.53. The van der Waals surface area contributed by atoms with Crippen molar-refractivity contribution in [1.29, 1.82) is 0 Å². The van der Waals surface area contributed by atoms with Crippen LogP contribution in [-0.4, -0.2) is 5.78 Å². The first-order valence-electron chi connectivity index (χ1n) is 3.36. The highest BCUT2D eigenvalue weighted by Crippen LogP contribution is 2.13. The maximum absolute atomic E-state index is 10.8. The van der Waals surface area contributed by atoms with Crippen LogP contribution in [-0.2, 0) is 4.79 Å². The molecule has 0 atom stereocenters. The zero-order valence-corrected chi connectivity index (χ0v) is 6.05. The van der Waals surface area contributed by atoms with Crippen molar-refractivity contribution in [2.75, 3.05) is 0 Å². The summed E-state index contributed by atoms with van der Waals surface area (Å²) in [5.74, 6) is 0.0252. The molecule has 0 N–H and O–H groups in total. The first-order chi connectivity index (χ1) is 4.74. The number of carbonyl (C=O) groups excluding carboxylic acids is 1. The summed E-state index contributed by atoms with van der Waals surface area (Å²) in [5.41, 5.74) is 1.77. The van der Waals surface area contributed by atoms with Crippen LogP contribution in [0.1, 0.15) is 13.3 Å². The smallest absolute Gasteiger partial charge is 0.185 e. The Morgan fingerprint density at radius 3 is 2.70 bits per heavy atom. The van der Waals surface area contributed by atoms with E-state index in [4.69, 9.17) is 0 Å². The molecule has 10 heavy (non-hydrogen) atoms. The minimum atomic E-state index is 0.0252. The van der Waals surface area contributed by atoms with E-state index >= 15 is 0 Å². The maximum Gasteiger partial charge on any atom is 0.185 e. The zero-order valence-electron chi connectivity index (χ0n) is 6.05. The standard InChI is InChI=1S/C9H10O/c1-3-8-4-5-9(10)7(2)6-8/h4-6H,2-3H2,1H3. The molecule has 0 saturated carbocycles. The van der Waals surface area contributed by atoms with Gasteiger partial charge in [0.15, 0.2) is 5.78 Å². The number of allylic oxidation sites excluding steroid dienone is 5. The van der Waals surface area contributed by atoms with E-state index in [9.17, 15) is 4.79 Å². The third-order valence-corrected chi connectivity index (χ3v) is 1.53. The zero-order chi connectivity index (χ0) is 7.56. The lowest BCUT2D eigenvalue weighted by Crippen LogP contribution is -1.99. The van der Waals surface area contributed by atoms with Crippen molar-refractivity contribution in [3.63, 3.8) is 0 Å². The van der Waals surface area contributed by atoms with Crippen molar-refractivity contribution in [2.45, 2.75) is 13.3 Å². The highest BCUT2D eigenvalue weighted by molar-refractivity contribution is 6.07. The molecule has 0 amide bonds. The van der Waals surface area contributed by atoms with E-state index in [0.717, 1.165) is 6.42 Å². The molecule has 0 radical (unpaired) electrons. The van der Waals surface area contributed by atoms with Crippen LogP contribution >= 0.6 is 0 Å². The molecule has 1 heteroatoms. The molecule has 0 unspecified atom stereocenters. The average molecular weight is 134 g/mol. The van der Waals surface area contributed by atoms with Crippen LogP contribution in [0.4, 0.5) is 0 Å². The lowest BCUT2D eigenvalue weighted by Gasteiger charge is -2.03. The Bertz CT molecular complexity index is 231. The van der Waals surface area contributed by atoms with Gasteiger partial charge in [0.1, 0.15) is 0 Å². The Morgan fingerprint density at radius 1 is 1.50 bits per heavy atom. The van der Waals surface area contributed by atoms with Gasteiger partial charge < -0.3 is 0 Å².